The molecule has 3 aromatic rings. The Bertz CT molecular complexity index is 976. The molecule has 0 saturated carbocycles. The number of ether oxygens (including phenoxy) is 2. The summed E-state index contributed by atoms with van der Waals surface area (Å²) in [5, 5.41) is 0. The number of hydrogen-bond donors (Lipinski definition) is 0. The molecule has 0 fully saturated rings. The molecule has 2 atom stereocenters. The third-order valence-electron chi connectivity index (χ3n) is 5.47. The molecule has 3 nitrogen and oxygen atoms in total. The summed E-state index contributed by atoms with van der Waals surface area (Å²) < 4.78 is 10.6. The highest BCUT2D eigenvalue weighted by Gasteiger charge is 2.32. The second-order valence-corrected chi connectivity index (χ2v) is 7.17. The van der Waals surface area contributed by atoms with Crippen LogP contribution < -0.4 is 4.74 Å². The number of carbonyl (C=O) groups excluding carboxylic acids is 1. The largest absolute Gasteiger partial charge is 0.490 e. The Kier molecular flexibility index (Phi) is 5.76. The van der Waals surface area contributed by atoms with Gasteiger partial charge >= 0.3 is 5.97 Å². The summed E-state index contributed by atoms with van der Waals surface area (Å²) in [5.74, 6) is 1.14. The molecule has 0 aromatic heterocycles. The maximum atomic E-state index is 11.0. The Balaban J connectivity index is 1.47. The number of fused-ring (bicyclic) bond motifs is 1. The van der Waals surface area contributed by atoms with E-state index in [4.69, 9.17) is 9.47 Å². The monoisotopic (exact) mass is 384 g/mol. The molecule has 0 radical (unpaired) electrons. The van der Waals surface area contributed by atoms with Crippen molar-refractivity contribution in [2.75, 3.05) is 13.2 Å². The molecule has 0 spiro atoms. The molecule has 2 unspecified atom stereocenters. The first kappa shape index (κ1) is 19.0. The Morgan fingerprint density at radius 1 is 0.828 bits per heavy atom. The normalized spacial score (nSPS) is 17.4. The molecule has 0 N–H and O–H groups in total. The van der Waals surface area contributed by atoms with Gasteiger partial charge in [0, 0.05) is 17.9 Å². The molecule has 1 aliphatic rings. The van der Waals surface area contributed by atoms with Crippen molar-refractivity contribution in [2.45, 2.75) is 18.3 Å². The quantitative estimate of drug-likeness (QED) is 0.308. The standard InChI is InChI=1S/C26H24O3/c1-2-26(27)29-17-16-28-21-14-12-20(13-15-21)25-18-24(19-8-4-3-5-9-19)22-10-6-7-11-23(22)25/h2-15,24-25H,1,16-18H2. The lowest BCUT2D eigenvalue weighted by molar-refractivity contribution is -0.138. The zero-order valence-electron chi connectivity index (χ0n) is 16.3. The third-order valence-corrected chi connectivity index (χ3v) is 5.47. The van der Waals surface area contributed by atoms with Crippen molar-refractivity contribution in [1.82, 2.24) is 0 Å². The van der Waals surface area contributed by atoms with Crippen LogP contribution in [0.2, 0.25) is 0 Å². The Morgan fingerprint density at radius 3 is 2.03 bits per heavy atom. The van der Waals surface area contributed by atoms with Crippen LogP contribution in [0.1, 0.15) is 40.5 Å². The maximum absolute atomic E-state index is 11.0. The van der Waals surface area contributed by atoms with Crippen molar-refractivity contribution in [3.63, 3.8) is 0 Å². The van der Waals surface area contributed by atoms with Gasteiger partial charge in [0.1, 0.15) is 19.0 Å². The van der Waals surface area contributed by atoms with E-state index in [-0.39, 0.29) is 6.61 Å². The van der Waals surface area contributed by atoms with Crippen molar-refractivity contribution in [2.24, 2.45) is 0 Å². The van der Waals surface area contributed by atoms with Gasteiger partial charge in [-0.05, 0) is 40.8 Å². The highest BCUT2D eigenvalue weighted by molar-refractivity contribution is 5.81. The van der Waals surface area contributed by atoms with Gasteiger partial charge in [0.25, 0.3) is 0 Å². The lowest BCUT2D eigenvalue weighted by Crippen LogP contribution is -2.10. The van der Waals surface area contributed by atoms with Gasteiger partial charge in [0.05, 0.1) is 0 Å². The second kappa shape index (κ2) is 8.78. The number of rotatable bonds is 7. The minimum atomic E-state index is -0.434. The van der Waals surface area contributed by atoms with Crippen molar-refractivity contribution in [3.05, 3.63) is 114 Å². The molecule has 29 heavy (non-hydrogen) atoms. The number of benzene rings is 3. The molecule has 0 aliphatic heterocycles. The molecular weight excluding hydrogens is 360 g/mol. The zero-order chi connectivity index (χ0) is 20.1. The van der Waals surface area contributed by atoms with E-state index in [1.54, 1.807) is 0 Å². The van der Waals surface area contributed by atoms with Crippen LogP contribution in [0.25, 0.3) is 0 Å². The third kappa shape index (κ3) is 4.24. The molecule has 146 valence electrons. The van der Waals surface area contributed by atoms with Crippen LogP contribution in [-0.2, 0) is 9.53 Å². The molecule has 4 rings (SSSR count). The summed E-state index contributed by atoms with van der Waals surface area (Å²) in [4.78, 5) is 11.0. The maximum Gasteiger partial charge on any atom is 0.330 e. The van der Waals surface area contributed by atoms with Gasteiger partial charge in [-0.15, -0.1) is 0 Å². The van der Waals surface area contributed by atoms with Crippen molar-refractivity contribution >= 4 is 5.97 Å². The van der Waals surface area contributed by atoms with Crippen LogP contribution >= 0.6 is 0 Å². The molecule has 3 aromatic carbocycles. The Labute approximate surface area is 171 Å². The smallest absolute Gasteiger partial charge is 0.330 e. The summed E-state index contributed by atoms with van der Waals surface area (Å²) in [6.45, 7) is 3.90. The summed E-state index contributed by atoms with van der Waals surface area (Å²) in [7, 11) is 0. The summed E-state index contributed by atoms with van der Waals surface area (Å²) in [6.07, 6.45) is 2.22. The van der Waals surface area contributed by atoms with Crippen LogP contribution in [0, 0.1) is 0 Å². The van der Waals surface area contributed by atoms with E-state index in [9.17, 15) is 4.79 Å². The van der Waals surface area contributed by atoms with E-state index in [1.807, 2.05) is 12.1 Å². The fourth-order valence-corrected chi connectivity index (χ4v) is 4.11. The predicted molar refractivity (Wildman–Crippen MR) is 114 cm³/mol. The average Bonchev–Trinajstić information content (AvgIpc) is 3.17. The molecular formula is C26H24O3. The lowest BCUT2D eigenvalue weighted by Gasteiger charge is -2.14. The highest BCUT2D eigenvalue weighted by atomic mass is 16.6. The van der Waals surface area contributed by atoms with Crippen molar-refractivity contribution in [3.8, 4) is 5.75 Å². The van der Waals surface area contributed by atoms with E-state index >= 15 is 0 Å². The van der Waals surface area contributed by atoms with E-state index in [1.165, 1.54) is 22.3 Å². The van der Waals surface area contributed by atoms with E-state index in [0.717, 1.165) is 18.2 Å². The highest BCUT2D eigenvalue weighted by Crippen LogP contribution is 2.48. The fourth-order valence-electron chi connectivity index (χ4n) is 4.11. The van der Waals surface area contributed by atoms with Crippen LogP contribution in [0.5, 0.6) is 5.75 Å². The van der Waals surface area contributed by atoms with Gasteiger partial charge in [-0.25, -0.2) is 4.79 Å². The van der Waals surface area contributed by atoms with Crippen LogP contribution in [-0.4, -0.2) is 19.2 Å². The van der Waals surface area contributed by atoms with E-state index in [0.29, 0.717) is 18.4 Å². The average molecular weight is 384 g/mol. The van der Waals surface area contributed by atoms with Crippen LogP contribution in [0.15, 0.2) is 91.5 Å². The molecule has 0 bridgehead atoms. The zero-order valence-corrected chi connectivity index (χ0v) is 16.3. The van der Waals surface area contributed by atoms with Crippen molar-refractivity contribution in [1.29, 1.82) is 0 Å². The number of carbonyl (C=O) groups is 1. The summed E-state index contributed by atoms with van der Waals surface area (Å²) in [5.41, 5.74) is 5.50. The first-order valence-electron chi connectivity index (χ1n) is 9.92. The Morgan fingerprint density at radius 2 is 1.41 bits per heavy atom. The molecule has 3 heteroatoms. The van der Waals surface area contributed by atoms with Crippen LogP contribution in [0.4, 0.5) is 0 Å². The summed E-state index contributed by atoms with van der Waals surface area (Å²) >= 11 is 0. The van der Waals surface area contributed by atoms with Gasteiger partial charge in [-0.1, -0.05) is 73.3 Å². The minimum Gasteiger partial charge on any atom is -0.490 e. The fraction of sp³-hybridized carbons (Fsp3) is 0.192. The molecule has 0 saturated heterocycles. The first-order chi connectivity index (χ1) is 14.3. The lowest BCUT2D eigenvalue weighted by atomic mass is 9.90. The van der Waals surface area contributed by atoms with E-state index < -0.39 is 5.97 Å². The van der Waals surface area contributed by atoms with Gasteiger partial charge < -0.3 is 9.47 Å². The van der Waals surface area contributed by atoms with Crippen LogP contribution in [0.3, 0.4) is 0 Å². The minimum absolute atomic E-state index is 0.210. The van der Waals surface area contributed by atoms with E-state index in [2.05, 4.69) is 73.3 Å². The van der Waals surface area contributed by atoms with Crippen molar-refractivity contribution < 1.29 is 14.3 Å². The molecule has 0 heterocycles. The predicted octanol–water partition coefficient (Wildman–Crippen LogP) is 5.46. The number of esters is 1. The number of hydrogen-bond acceptors (Lipinski definition) is 3. The van der Waals surface area contributed by atoms with Gasteiger partial charge in [-0.3, -0.25) is 0 Å². The molecule has 0 amide bonds. The van der Waals surface area contributed by atoms with Gasteiger partial charge in [-0.2, -0.15) is 0 Å². The molecule has 1 aliphatic carbocycles. The van der Waals surface area contributed by atoms with Gasteiger partial charge in [0.15, 0.2) is 0 Å². The second-order valence-electron chi connectivity index (χ2n) is 7.17. The topological polar surface area (TPSA) is 35.5 Å². The van der Waals surface area contributed by atoms with Gasteiger partial charge in [0.2, 0.25) is 0 Å². The Hall–Kier alpha value is -3.33. The summed E-state index contributed by atoms with van der Waals surface area (Å²) in [6, 6.07) is 27.8. The SMILES string of the molecule is C=CC(=O)OCCOc1ccc(C2CC(c3ccccc3)c3ccccc32)cc1. The first-order valence-corrected chi connectivity index (χ1v) is 9.92.